The first kappa shape index (κ1) is 13.8. The highest BCUT2D eigenvalue weighted by molar-refractivity contribution is 14.1. The molecule has 1 unspecified atom stereocenters. The number of amides is 1. The smallest absolute Gasteiger partial charge is 0.226 e. The van der Waals surface area contributed by atoms with Crippen LogP contribution < -0.4 is 10.6 Å². The standard InChI is InChI=1S/C13H17IN2O2/c1-9-2-3-10(6-12(9)14)16-13(17)7-11-8-18-5-4-15-11/h2-3,6,11,15H,4-5,7-8H2,1H3,(H,16,17). The maximum Gasteiger partial charge on any atom is 0.226 e. The lowest BCUT2D eigenvalue weighted by molar-refractivity contribution is -0.117. The van der Waals surface area contributed by atoms with Crippen LogP contribution in [0.4, 0.5) is 5.69 Å². The van der Waals surface area contributed by atoms with Crippen molar-refractivity contribution in [2.24, 2.45) is 0 Å². The summed E-state index contributed by atoms with van der Waals surface area (Å²) in [6.07, 6.45) is 0.449. The van der Waals surface area contributed by atoms with Gasteiger partial charge in [0.15, 0.2) is 0 Å². The number of ether oxygens (including phenoxy) is 1. The summed E-state index contributed by atoms with van der Waals surface area (Å²) in [6, 6.07) is 6.06. The summed E-state index contributed by atoms with van der Waals surface area (Å²) in [6.45, 7) is 4.21. The Hall–Kier alpha value is -0.660. The van der Waals surface area contributed by atoms with Crippen LogP contribution in [0, 0.1) is 10.5 Å². The van der Waals surface area contributed by atoms with Gasteiger partial charge in [0.05, 0.1) is 13.2 Å². The second-order valence-corrected chi connectivity index (χ2v) is 5.60. The van der Waals surface area contributed by atoms with Crippen LogP contribution in [0.25, 0.3) is 0 Å². The van der Waals surface area contributed by atoms with E-state index >= 15 is 0 Å². The van der Waals surface area contributed by atoms with Gasteiger partial charge in [-0.2, -0.15) is 0 Å². The van der Waals surface area contributed by atoms with Crippen LogP contribution in [0.2, 0.25) is 0 Å². The predicted octanol–water partition coefficient (Wildman–Crippen LogP) is 1.92. The predicted molar refractivity (Wildman–Crippen MR) is 79.8 cm³/mol. The second-order valence-electron chi connectivity index (χ2n) is 4.44. The van der Waals surface area contributed by atoms with Gasteiger partial charge < -0.3 is 15.4 Å². The fourth-order valence-electron chi connectivity index (χ4n) is 1.86. The Morgan fingerprint density at radius 3 is 3.11 bits per heavy atom. The maximum atomic E-state index is 11.9. The topological polar surface area (TPSA) is 50.4 Å². The number of carbonyl (C=O) groups excluding carboxylic acids is 1. The van der Waals surface area contributed by atoms with E-state index in [0.29, 0.717) is 13.0 Å². The molecule has 0 saturated carbocycles. The van der Waals surface area contributed by atoms with Gasteiger partial charge in [-0.05, 0) is 47.2 Å². The lowest BCUT2D eigenvalue weighted by Crippen LogP contribution is -2.43. The molecule has 0 aliphatic carbocycles. The number of hydrogen-bond donors (Lipinski definition) is 2. The van der Waals surface area contributed by atoms with E-state index in [1.54, 1.807) is 0 Å². The Morgan fingerprint density at radius 1 is 1.61 bits per heavy atom. The molecule has 0 spiro atoms. The minimum Gasteiger partial charge on any atom is -0.378 e. The first-order valence-corrected chi connectivity index (χ1v) is 7.10. The third-order valence-corrected chi connectivity index (χ3v) is 4.05. The van der Waals surface area contributed by atoms with Gasteiger partial charge in [0.25, 0.3) is 0 Å². The molecule has 1 aromatic carbocycles. The number of aryl methyl sites for hydroxylation is 1. The van der Waals surface area contributed by atoms with Crippen LogP contribution >= 0.6 is 22.6 Å². The lowest BCUT2D eigenvalue weighted by Gasteiger charge is -2.23. The quantitative estimate of drug-likeness (QED) is 0.810. The van der Waals surface area contributed by atoms with E-state index in [1.165, 1.54) is 5.56 Å². The van der Waals surface area contributed by atoms with E-state index in [0.717, 1.165) is 22.4 Å². The van der Waals surface area contributed by atoms with Crippen molar-refractivity contribution in [2.75, 3.05) is 25.1 Å². The van der Waals surface area contributed by atoms with Crippen LogP contribution in [0.15, 0.2) is 18.2 Å². The van der Waals surface area contributed by atoms with E-state index in [2.05, 4.69) is 40.1 Å². The molecule has 1 fully saturated rings. The Morgan fingerprint density at radius 2 is 2.44 bits per heavy atom. The number of benzene rings is 1. The SMILES string of the molecule is Cc1ccc(NC(=O)CC2COCCN2)cc1I. The number of nitrogens with one attached hydrogen (secondary N) is 2. The van der Waals surface area contributed by atoms with E-state index in [4.69, 9.17) is 4.74 Å². The van der Waals surface area contributed by atoms with Crippen molar-refractivity contribution in [1.82, 2.24) is 5.32 Å². The molecular weight excluding hydrogens is 343 g/mol. The van der Waals surface area contributed by atoms with Gasteiger partial charge >= 0.3 is 0 Å². The molecule has 1 amide bonds. The third kappa shape index (κ3) is 3.93. The number of morpholine rings is 1. The first-order valence-electron chi connectivity index (χ1n) is 6.02. The first-order chi connectivity index (χ1) is 8.65. The van der Waals surface area contributed by atoms with E-state index in [9.17, 15) is 4.79 Å². The number of rotatable bonds is 3. The van der Waals surface area contributed by atoms with Crippen molar-refractivity contribution in [1.29, 1.82) is 0 Å². The van der Waals surface area contributed by atoms with Crippen LogP contribution in [-0.4, -0.2) is 31.7 Å². The molecule has 2 N–H and O–H groups in total. The van der Waals surface area contributed by atoms with Crippen molar-refractivity contribution in [3.05, 3.63) is 27.3 Å². The molecule has 98 valence electrons. The van der Waals surface area contributed by atoms with E-state index in [1.807, 2.05) is 18.2 Å². The minimum absolute atomic E-state index is 0.0256. The Bertz CT molecular complexity index is 431. The van der Waals surface area contributed by atoms with Gasteiger partial charge in [0.1, 0.15) is 0 Å². The van der Waals surface area contributed by atoms with Gasteiger partial charge in [0, 0.05) is 28.3 Å². The van der Waals surface area contributed by atoms with Crippen molar-refractivity contribution in [3.8, 4) is 0 Å². The van der Waals surface area contributed by atoms with Gasteiger partial charge in [-0.15, -0.1) is 0 Å². The number of hydrogen-bond acceptors (Lipinski definition) is 3. The molecular formula is C13H17IN2O2. The van der Waals surface area contributed by atoms with Crippen LogP contribution in [0.3, 0.4) is 0 Å². The zero-order chi connectivity index (χ0) is 13.0. The second kappa shape index (κ2) is 6.49. The summed E-state index contributed by atoms with van der Waals surface area (Å²) in [4.78, 5) is 11.9. The van der Waals surface area contributed by atoms with E-state index in [-0.39, 0.29) is 11.9 Å². The molecule has 1 atom stereocenters. The van der Waals surface area contributed by atoms with Crippen molar-refractivity contribution in [2.45, 2.75) is 19.4 Å². The largest absolute Gasteiger partial charge is 0.378 e. The van der Waals surface area contributed by atoms with Gasteiger partial charge in [-0.3, -0.25) is 4.79 Å². The highest BCUT2D eigenvalue weighted by atomic mass is 127. The lowest BCUT2D eigenvalue weighted by atomic mass is 10.2. The molecule has 1 saturated heterocycles. The zero-order valence-electron chi connectivity index (χ0n) is 10.3. The maximum absolute atomic E-state index is 11.9. The normalized spacial score (nSPS) is 19.6. The molecule has 2 rings (SSSR count). The summed E-state index contributed by atoms with van der Waals surface area (Å²) in [5.74, 6) is 0.0256. The average molecular weight is 360 g/mol. The average Bonchev–Trinajstić information content (AvgIpc) is 2.35. The monoisotopic (exact) mass is 360 g/mol. The van der Waals surface area contributed by atoms with Crippen LogP contribution in [-0.2, 0) is 9.53 Å². The summed E-state index contributed by atoms with van der Waals surface area (Å²) < 4.78 is 6.48. The number of carbonyl (C=O) groups is 1. The summed E-state index contributed by atoms with van der Waals surface area (Å²) in [7, 11) is 0. The molecule has 1 heterocycles. The molecule has 0 radical (unpaired) electrons. The molecule has 4 nitrogen and oxygen atoms in total. The van der Waals surface area contributed by atoms with Gasteiger partial charge in [-0.1, -0.05) is 6.07 Å². The molecule has 18 heavy (non-hydrogen) atoms. The van der Waals surface area contributed by atoms with Crippen molar-refractivity contribution >= 4 is 34.2 Å². The summed E-state index contributed by atoms with van der Waals surface area (Å²) in [5, 5.41) is 6.19. The van der Waals surface area contributed by atoms with Crippen LogP contribution in [0.1, 0.15) is 12.0 Å². The molecule has 1 aliphatic rings. The molecule has 1 aliphatic heterocycles. The minimum atomic E-state index is 0.0256. The zero-order valence-corrected chi connectivity index (χ0v) is 12.5. The fourth-order valence-corrected chi connectivity index (χ4v) is 2.37. The Labute approximate surface area is 121 Å². The van der Waals surface area contributed by atoms with E-state index < -0.39 is 0 Å². The number of halogens is 1. The number of anilines is 1. The molecule has 1 aromatic rings. The van der Waals surface area contributed by atoms with Gasteiger partial charge in [0.2, 0.25) is 5.91 Å². The molecule has 0 bridgehead atoms. The molecule has 0 aromatic heterocycles. The highest BCUT2D eigenvalue weighted by Gasteiger charge is 2.16. The fraction of sp³-hybridized carbons (Fsp3) is 0.462. The Balaban J connectivity index is 1.88. The van der Waals surface area contributed by atoms with Crippen LogP contribution in [0.5, 0.6) is 0 Å². The summed E-state index contributed by atoms with van der Waals surface area (Å²) in [5.41, 5.74) is 2.07. The van der Waals surface area contributed by atoms with Crippen molar-refractivity contribution in [3.63, 3.8) is 0 Å². The summed E-state index contributed by atoms with van der Waals surface area (Å²) >= 11 is 2.27. The van der Waals surface area contributed by atoms with Crippen molar-refractivity contribution < 1.29 is 9.53 Å². The molecule has 5 heteroatoms. The third-order valence-electron chi connectivity index (χ3n) is 2.89. The van der Waals surface area contributed by atoms with Gasteiger partial charge in [-0.25, -0.2) is 0 Å². The highest BCUT2D eigenvalue weighted by Crippen LogP contribution is 2.17. The Kier molecular flexibility index (Phi) is 4.96.